The van der Waals surface area contributed by atoms with Crippen LogP contribution in [0, 0.1) is 6.92 Å². The van der Waals surface area contributed by atoms with Crippen molar-refractivity contribution in [2.24, 2.45) is 12.0 Å². The highest BCUT2D eigenvalue weighted by molar-refractivity contribution is 8.14. The number of aryl methyl sites for hydroxylation is 1. The fraction of sp³-hybridized carbons (Fsp3) is 0.333. The smallest absolute Gasteiger partial charge is 0.236 e. The van der Waals surface area contributed by atoms with Gasteiger partial charge in [-0.3, -0.25) is 9.79 Å². The zero-order valence-corrected chi connectivity index (χ0v) is 14.6. The minimum absolute atomic E-state index is 0.0664. The highest BCUT2D eigenvalue weighted by Gasteiger charge is 2.15. The van der Waals surface area contributed by atoms with Gasteiger partial charge < -0.3 is 9.88 Å². The molecule has 1 aliphatic rings. The van der Waals surface area contributed by atoms with Crippen LogP contribution < -0.4 is 5.32 Å². The van der Waals surface area contributed by atoms with Gasteiger partial charge in [0.1, 0.15) is 0 Å². The van der Waals surface area contributed by atoms with Crippen LogP contribution in [-0.2, 0) is 11.8 Å². The van der Waals surface area contributed by atoms with Crippen LogP contribution in [0.5, 0.6) is 0 Å². The van der Waals surface area contributed by atoms with Crippen LogP contribution in [0.3, 0.4) is 0 Å². The summed E-state index contributed by atoms with van der Waals surface area (Å²) >= 11 is 2.95. The van der Waals surface area contributed by atoms with Crippen molar-refractivity contribution in [1.82, 2.24) is 20.1 Å². The Bertz CT molecular complexity index is 756. The summed E-state index contributed by atoms with van der Waals surface area (Å²) in [6.07, 6.45) is 0. The van der Waals surface area contributed by atoms with E-state index in [-0.39, 0.29) is 5.91 Å². The first-order valence-corrected chi connectivity index (χ1v) is 9.17. The number of thioether (sulfide) groups is 2. The van der Waals surface area contributed by atoms with E-state index in [1.165, 1.54) is 17.3 Å². The molecule has 3 rings (SSSR count). The van der Waals surface area contributed by atoms with Gasteiger partial charge in [0.15, 0.2) is 16.1 Å². The minimum Gasteiger partial charge on any atom is -0.305 e. The molecule has 6 nitrogen and oxygen atoms in total. The normalized spacial score (nSPS) is 13.9. The van der Waals surface area contributed by atoms with Crippen LogP contribution in [0.1, 0.15) is 5.56 Å². The molecule has 0 saturated heterocycles. The molecular formula is C15H17N5OS2. The lowest BCUT2D eigenvalue weighted by Crippen LogP contribution is -2.29. The van der Waals surface area contributed by atoms with Crippen molar-refractivity contribution in [1.29, 1.82) is 0 Å². The Kier molecular flexibility index (Phi) is 5.02. The van der Waals surface area contributed by atoms with Gasteiger partial charge in [0.25, 0.3) is 0 Å². The molecule has 1 N–H and O–H groups in total. The van der Waals surface area contributed by atoms with Crippen molar-refractivity contribution in [2.45, 2.75) is 12.1 Å². The molecule has 0 saturated carbocycles. The summed E-state index contributed by atoms with van der Waals surface area (Å²) in [7, 11) is 1.91. The zero-order valence-electron chi connectivity index (χ0n) is 12.9. The van der Waals surface area contributed by atoms with Gasteiger partial charge in [-0.05, 0) is 13.0 Å². The number of aliphatic imine (C=N–C) groups is 1. The van der Waals surface area contributed by atoms with Crippen LogP contribution >= 0.6 is 23.5 Å². The number of carbonyl (C=O) groups excluding carboxylic acids is 1. The Morgan fingerprint density at radius 3 is 3.04 bits per heavy atom. The lowest BCUT2D eigenvalue weighted by Gasteiger charge is -2.05. The van der Waals surface area contributed by atoms with Crippen LogP contribution in [0.15, 0.2) is 34.4 Å². The third kappa shape index (κ3) is 3.94. The Hall–Kier alpha value is -1.80. The number of rotatable bonds is 4. The first-order chi connectivity index (χ1) is 11.1. The maximum Gasteiger partial charge on any atom is 0.236 e. The molecule has 0 atom stereocenters. The third-order valence-electron chi connectivity index (χ3n) is 3.28. The number of hydrogen-bond acceptors (Lipinski definition) is 6. The van der Waals surface area contributed by atoms with Gasteiger partial charge in [-0.25, -0.2) is 0 Å². The van der Waals surface area contributed by atoms with Crippen LogP contribution in [0.4, 0.5) is 0 Å². The molecule has 0 aliphatic carbocycles. The highest BCUT2D eigenvalue weighted by Crippen LogP contribution is 2.23. The Balaban J connectivity index is 1.64. The van der Waals surface area contributed by atoms with Gasteiger partial charge in [-0.2, -0.15) is 0 Å². The molecule has 1 aromatic heterocycles. The number of carbonyl (C=O) groups is 1. The SMILES string of the molecule is Cc1cccc(-c2nnc(SCC(=O)NC3=NCCS3)n2C)c1. The van der Waals surface area contributed by atoms with E-state index in [1.54, 1.807) is 11.8 Å². The molecule has 1 aliphatic heterocycles. The van der Waals surface area contributed by atoms with Gasteiger partial charge in [-0.15, -0.1) is 10.2 Å². The van der Waals surface area contributed by atoms with Gasteiger partial charge >= 0.3 is 0 Å². The summed E-state index contributed by atoms with van der Waals surface area (Å²) in [5.74, 6) is 1.96. The number of nitrogens with zero attached hydrogens (tertiary/aromatic N) is 4. The average molecular weight is 347 g/mol. The lowest BCUT2D eigenvalue weighted by molar-refractivity contribution is -0.117. The summed E-state index contributed by atoms with van der Waals surface area (Å²) in [4.78, 5) is 16.1. The van der Waals surface area contributed by atoms with E-state index in [1.807, 2.05) is 36.7 Å². The van der Waals surface area contributed by atoms with Gasteiger partial charge in [0, 0.05) is 18.4 Å². The molecule has 0 spiro atoms. The number of amides is 1. The average Bonchev–Trinajstić information content (AvgIpc) is 3.15. The molecule has 0 bridgehead atoms. The quantitative estimate of drug-likeness (QED) is 0.858. The van der Waals surface area contributed by atoms with E-state index >= 15 is 0 Å². The molecule has 0 unspecified atom stereocenters. The van der Waals surface area contributed by atoms with Gasteiger partial charge in [0.2, 0.25) is 5.91 Å². The van der Waals surface area contributed by atoms with E-state index in [4.69, 9.17) is 0 Å². The van der Waals surface area contributed by atoms with Gasteiger partial charge in [0.05, 0.1) is 12.3 Å². The molecular weight excluding hydrogens is 330 g/mol. The number of benzene rings is 1. The molecule has 2 aromatic rings. The predicted molar refractivity (Wildman–Crippen MR) is 94.8 cm³/mol. The van der Waals surface area contributed by atoms with Crippen molar-refractivity contribution in [3.63, 3.8) is 0 Å². The van der Waals surface area contributed by atoms with E-state index in [0.29, 0.717) is 10.9 Å². The Morgan fingerprint density at radius 1 is 1.43 bits per heavy atom. The predicted octanol–water partition coefficient (Wildman–Crippen LogP) is 2.10. The standard InChI is InChI=1S/C15H17N5OS2/c1-10-4-3-5-11(8-10)13-18-19-15(20(13)2)23-9-12(21)17-14-16-6-7-22-14/h3-5,8H,6-7,9H2,1-2H3,(H,16,17,21). The van der Waals surface area contributed by atoms with Crippen molar-refractivity contribution < 1.29 is 4.79 Å². The summed E-state index contributed by atoms with van der Waals surface area (Å²) in [6, 6.07) is 8.12. The van der Waals surface area contributed by atoms with Crippen LogP contribution in [0.2, 0.25) is 0 Å². The lowest BCUT2D eigenvalue weighted by atomic mass is 10.1. The molecule has 23 heavy (non-hydrogen) atoms. The fourth-order valence-electron chi connectivity index (χ4n) is 2.17. The van der Waals surface area contributed by atoms with Crippen molar-refractivity contribution >= 4 is 34.6 Å². The van der Waals surface area contributed by atoms with Crippen molar-refractivity contribution in [2.75, 3.05) is 18.1 Å². The topological polar surface area (TPSA) is 72.2 Å². The molecule has 1 aromatic carbocycles. The molecule has 0 fully saturated rings. The molecule has 120 valence electrons. The third-order valence-corrected chi connectivity index (χ3v) is 5.19. The second-order valence-electron chi connectivity index (χ2n) is 5.11. The summed E-state index contributed by atoms with van der Waals surface area (Å²) in [5.41, 5.74) is 2.20. The molecule has 1 amide bonds. The Labute approximate surface area is 143 Å². The fourth-order valence-corrected chi connectivity index (χ4v) is 3.63. The molecule has 2 heterocycles. The summed E-state index contributed by atoms with van der Waals surface area (Å²) in [6.45, 7) is 2.82. The maximum absolute atomic E-state index is 11.9. The van der Waals surface area contributed by atoms with Crippen LogP contribution in [-0.4, -0.2) is 43.9 Å². The Morgan fingerprint density at radius 2 is 2.30 bits per heavy atom. The number of amidine groups is 1. The monoisotopic (exact) mass is 347 g/mol. The second-order valence-corrected chi connectivity index (χ2v) is 7.13. The van der Waals surface area contributed by atoms with Crippen LogP contribution in [0.25, 0.3) is 11.4 Å². The first-order valence-electron chi connectivity index (χ1n) is 7.20. The minimum atomic E-state index is -0.0664. The number of aromatic nitrogens is 3. The molecule has 8 heteroatoms. The largest absolute Gasteiger partial charge is 0.305 e. The zero-order chi connectivity index (χ0) is 16.2. The number of nitrogens with one attached hydrogen (secondary N) is 1. The highest BCUT2D eigenvalue weighted by atomic mass is 32.2. The molecule has 0 radical (unpaired) electrons. The van der Waals surface area contributed by atoms with E-state index in [9.17, 15) is 4.79 Å². The van der Waals surface area contributed by atoms with E-state index < -0.39 is 0 Å². The van der Waals surface area contributed by atoms with E-state index in [0.717, 1.165) is 28.8 Å². The second kappa shape index (κ2) is 7.18. The van der Waals surface area contributed by atoms with Gasteiger partial charge in [-0.1, -0.05) is 47.3 Å². The summed E-state index contributed by atoms with van der Waals surface area (Å²) in [5, 5.41) is 12.7. The van der Waals surface area contributed by atoms with E-state index in [2.05, 4.69) is 26.6 Å². The maximum atomic E-state index is 11.9. The number of hydrogen-bond donors (Lipinski definition) is 1. The summed E-state index contributed by atoms with van der Waals surface area (Å²) < 4.78 is 1.91. The van der Waals surface area contributed by atoms with Crippen molar-refractivity contribution in [3.8, 4) is 11.4 Å². The first kappa shape index (κ1) is 16.1. The van der Waals surface area contributed by atoms with Crippen molar-refractivity contribution in [3.05, 3.63) is 29.8 Å².